The number of aliphatic carboxylic acids is 1. The Morgan fingerprint density at radius 1 is 0.909 bits per heavy atom. The van der Waals surface area contributed by atoms with Crippen LogP contribution in [-0.2, 0) is 9.59 Å². The number of hydrogen-bond acceptors (Lipinski definition) is 2. The molecule has 0 bridgehead atoms. The Hall–Kier alpha value is -1.06. The molecule has 0 spiro atoms. The van der Waals surface area contributed by atoms with Gasteiger partial charge in [-0.05, 0) is 50.4 Å². The molecular formula is C18H33NO3. The largest absolute Gasteiger partial charge is 0.481 e. The summed E-state index contributed by atoms with van der Waals surface area (Å²) in [7, 11) is 0. The van der Waals surface area contributed by atoms with Crippen LogP contribution in [0.25, 0.3) is 0 Å². The van der Waals surface area contributed by atoms with Crippen molar-refractivity contribution >= 4 is 11.9 Å². The van der Waals surface area contributed by atoms with Gasteiger partial charge < -0.3 is 10.0 Å². The second-order valence-electron chi connectivity index (χ2n) is 7.58. The highest BCUT2D eigenvalue weighted by Gasteiger charge is 2.31. The lowest BCUT2D eigenvalue weighted by molar-refractivity contribution is -0.145. The molecule has 0 aromatic rings. The molecule has 4 heteroatoms. The van der Waals surface area contributed by atoms with E-state index in [0.717, 1.165) is 38.8 Å². The molecule has 1 N–H and O–H groups in total. The standard InChI is InChI=1S/C18H33NO3/c1-13(2)9-11-19(12-10-14(3)4)17(20)15-5-7-16(8-6-15)18(21)22/h13-16H,5-12H2,1-4H3,(H,21,22). The highest BCUT2D eigenvalue weighted by atomic mass is 16.4. The summed E-state index contributed by atoms with van der Waals surface area (Å²) in [4.78, 5) is 25.8. The van der Waals surface area contributed by atoms with Crippen molar-refractivity contribution in [3.8, 4) is 0 Å². The number of nitrogens with zero attached hydrogens (tertiary/aromatic N) is 1. The Kier molecular flexibility index (Phi) is 7.91. The van der Waals surface area contributed by atoms with E-state index < -0.39 is 5.97 Å². The maximum atomic E-state index is 12.8. The van der Waals surface area contributed by atoms with Gasteiger partial charge in [0.1, 0.15) is 0 Å². The van der Waals surface area contributed by atoms with E-state index in [0.29, 0.717) is 24.7 Å². The normalized spacial score (nSPS) is 22.1. The molecule has 1 aliphatic carbocycles. The van der Waals surface area contributed by atoms with E-state index in [2.05, 4.69) is 27.7 Å². The van der Waals surface area contributed by atoms with E-state index in [1.165, 1.54) is 0 Å². The number of hydrogen-bond donors (Lipinski definition) is 1. The number of carbonyl (C=O) groups is 2. The van der Waals surface area contributed by atoms with Gasteiger partial charge >= 0.3 is 5.97 Å². The van der Waals surface area contributed by atoms with Crippen LogP contribution in [0.1, 0.15) is 66.2 Å². The van der Waals surface area contributed by atoms with Gasteiger partial charge in [-0.3, -0.25) is 9.59 Å². The predicted octanol–water partition coefficient (Wildman–Crippen LogP) is 3.80. The first-order chi connectivity index (χ1) is 10.3. The molecule has 0 radical (unpaired) electrons. The van der Waals surface area contributed by atoms with E-state index in [9.17, 15) is 9.59 Å². The third-order valence-electron chi connectivity index (χ3n) is 4.69. The summed E-state index contributed by atoms with van der Waals surface area (Å²) in [6, 6.07) is 0. The van der Waals surface area contributed by atoms with E-state index in [-0.39, 0.29) is 17.7 Å². The van der Waals surface area contributed by atoms with Crippen molar-refractivity contribution in [1.82, 2.24) is 4.90 Å². The van der Waals surface area contributed by atoms with E-state index in [1.54, 1.807) is 0 Å². The lowest BCUT2D eigenvalue weighted by Gasteiger charge is -2.32. The average molecular weight is 311 g/mol. The number of carboxylic acid groups (broad SMARTS) is 1. The molecule has 22 heavy (non-hydrogen) atoms. The fourth-order valence-corrected chi connectivity index (χ4v) is 3.01. The van der Waals surface area contributed by atoms with Gasteiger partial charge in [0.15, 0.2) is 0 Å². The molecule has 128 valence electrons. The van der Waals surface area contributed by atoms with Crippen LogP contribution in [0.5, 0.6) is 0 Å². The minimum atomic E-state index is -0.706. The van der Waals surface area contributed by atoms with Gasteiger partial charge in [-0.2, -0.15) is 0 Å². The first kappa shape index (κ1) is 19.0. The monoisotopic (exact) mass is 311 g/mol. The van der Waals surface area contributed by atoms with Crippen molar-refractivity contribution in [1.29, 1.82) is 0 Å². The maximum Gasteiger partial charge on any atom is 0.306 e. The second kappa shape index (κ2) is 9.16. The van der Waals surface area contributed by atoms with Gasteiger partial charge in [0, 0.05) is 19.0 Å². The Labute approximate surface area is 135 Å². The smallest absolute Gasteiger partial charge is 0.306 e. The quantitative estimate of drug-likeness (QED) is 0.742. The van der Waals surface area contributed by atoms with Crippen LogP contribution in [0.4, 0.5) is 0 Å². The first-order valence-corrected chi connectivity index (χ1v) is 8.82. The summed E-state index contributed by atoms with van der Waals surface area (Å²) in [6.45, 7) is 10.4. The number of amides is 1. The van der Waals surface area contributed by atoms with Crippen molar-refractivity contribution in [3.05, 3.63) is 0 Å². The molecule has 1 aliphatic rings. The molecule has 0 aliphatic heterocycles. The molecule has 1 amide bonds. The molecule has 0 heterocycles. The minimum Gasteiger partial charge on any atom is -0.481 e. The molecule has 1 fully saturated rings. The molecule has 0 aromatic heterocycles. The summed E-state index contributed by atoms with van der Waals surface area (Å²) in [5.41, 5.74) is 0. The summed E-state index contributed by atoms with van der Waals surface area (Å²) in [6.07, 6.45) is 4.83. The lowest BCUT2D eigenvalue weighted by atomic mass is 9.81. The Morgan fingerprint density at radius 3 is 1.68 bits per heavy atom. The van der Waals surface area contributed by atoms with Gasteiger partial charge in [0.25, 0.3) is 0 Å². The zero-order chi connectivity index (χ0) is 16.7. The minimum absolute atomic E-state index is 0.0370. The first-order valence-electron chi connectivity index (χ1n) is 8.82. The van der Waals surface area contributed by atoms with Crippen molar-refractivity contribution in [3.63, 3.8) is 0 Å². The van der Waals surface area contributed by atoms with Gasteiger partial charge in [-0.15, -0.1) is 0 Å². The van der Waals surface area contributed by atoms with Crippen molar-refractivity contribution in [2.24, 2.45) is 23.7 Å². The van der Waals surface area contributed by atoms with Crippen LogP contribution in [0.2, 0.25) is 0 Å². The third-order valence-corrected chi connectivity index (χ3v) is 4.69. The van der Waals surface area contributed by atoms with E-state index >= 15 is 0 Å². The van der Waals surface area contributed by atoms with Gasteiger partial charge in [-0.25, -0.2) is 0 Å². The third kappa shape index (κ3) is 6.37. The van der Waals surface area contributed by atoms with Gasteiger partial charge in [0.05, 0.1) is 5.92 Å². The van der Waals surface area contributed by atoms with Gasteiger partial charge in [0.2, 0.25) is 5.91 Å². The molecule has 0 saturated heterocycles. The van der Waals surface area contributed by atoms with Crippen LogP contribution in [-0.4, -0.2) is 35.0 Å². The number of carboxylic acids is 1. The Bertz CT molecular complexity index is 345. The van der Waals surface area contributed by atoms with Crippen LogP contribution < -0.4 is 0 Å². The fourth-order valence-electron chi connectivity index (χ4n) is 3.01. The molecule has 4 nitrogen and oxygen atoms in total. The van der Waals surface area contributed by atoms with Gasteiger partial charge in [-0.1, -0.05) is 27.7 Å². The summed E-state index contributed by atoms with van der Waals surface area (Å²) in [5.74, 6) is 0.528. The molecule has 0 unspecified atom stereocenters. The highest BCUT2D eigenvalue weighted by Crippen LogP contribution is 2.30. The number of rotatable bonds is 8. The zero-order valence-electron chi connectivity index (χ0n) is 14.7. The van der Waals surface area contributed by atoms with Crippen molar-refractivity contribution < 1.29 is 14.7 Å². The predicted molar refractivity (Wildman–Crippen MR) is 88.6 cm³/mol. The maximum absolute atomic E-state index is 12.8. The van der Waals surface area contributed by atoms with Crippen LogP contribution in [0.3, 0.4) is 0 Å². The molecule has 1 saturated carbocycles. The topological polar surface area (TPSA) is 57.6 Å². The average Bonchev–Trinajstić information content (AvgIpc) is 2.46. The van der Waals surface area contributed by atoms with E-state index in [4.69, 9.17) is 5.11 Å². The second-order valence-corrected chi connectivity index (χ2v) is 7.58. The Morgan fingerprint density at radius 2 is 1.32 bits per heavy atom. The summed E-state index contributed by atoms with van der Waals surface area (Å²) in [5, 5.41) is 9.07. The van der Waals surface area contributed by atoms with Crippen LogP contribution in [0.15, 0.2) is 0 Å². The molecule has 0 aromatic carbocycles. The highest BCUT2D eigenvalue weighted by molar-refractivity contribution is 5.79. The van der Waals surface area contributed by atoms with Crippen LogP contribution >= 0.6 is 0 Å². The zero-order valence-corrected chi connectivity index (χ0v) is 14.7. The molecular weight excluding hydrogens is 278 g/mol. The molecule has 1 rings (SSSR count). The van der Waals surface area contributed by atoms with Crippen molar-refractivity contribution in [2.75, 3.05) is 13.1 Å². The molecule has 0 atom stereocenters. The fraction of sp³-hybridized carbons (Fsp3) is 0.889. The summed E-state index contributed by atoms with van der Waals surface area (Å²) < 4.78 is 0. The lowest BCUT2D eigenvalue weighted by Crippen LogP contribution is -2.40. The van der Waals surface area contributed by atoms with Crippen LogP contribution in [0, 0.1) is 23.7 Å². The Balaban J connectivity index is 2.56. The van der Waals surface area contributed by atoms with E-state index in [1.807, 2.05) is 4.90 Å². The summed E-state index contributed by atoms with van der Waals surface area (Å²) >= 11 is 0. The SMILES string of the molecule is CC(C)CCN(CCC(C)C)C(=O)C1CCC(C(=O)O)CC1. The van der Waals surface area contributed by atoms with Crippen molar-refractivity contribution in [2.45, 2.75) is 66.2 Å². The number of carbonyl (C=O) groups excluding carboxylic acids is 1.